The maximum atomic E-state index is 10.7. The van der Waals surface area contributed by atoms with Crippen LogP contribution in [-0.2, 0) is 0 Å². The number of hydrogen-bond acceptors (Lipinski definition) is 3. The zero-order valence-electron chi connectivity index (χ0n) is 21.7. The molecule has 0 amide bonds. The maximum absolute atomic E-state index is 10.7. The Labute approximate surface area is 197 Å². The maximum Gasteiger partial charge on any atom is 0.0622 e. The number of aliphatic hydroxyl groups is 3. The Morgan fingerprint density at radius 3 is 2.34 bits per heavy atom. The lowest BCUT2D eigenvalue weighted by Crippen LogP contribution is -2.55. The van der Waals surface area contributed by atoms with Crippen molar-refractivity contribution in [2.24, 2.45) is 46.3 Å². The lowest BCUT2D eigenvalue weighted by molar-refractivity contribution is -0.148. The van der Waals surface area contributed by atoms with Gasteiger partial charge in [-0.15, -0.1) is 0 Å². The van der Waals surface area contributed by atoms with Gasteiger partial charge in [-0.25, -0.2) is 0 Å². The van der Waals surface area contributed by atoms with Crippen molar-refractivity contribution in [3.63, 3.8) is 0 Å². The summed E-state index contributed by atoms with van der Waals surface area (Å²) in [6, 6.07) is 0. The second-order valence-electron chi connectivity index (χ2n) is 13.9. The Bertz CT molecular complexity index is 657. The number of aliphatic hydroxyl groups excluding tert-OH is 1. The monoisotopic (exact) mass is 448 g/mol. The molecule has 4 saturated carbocycles. The summed E-state index contributed by atoms with van der Waals surface area (Å²) in [6.07, 6.45) is 14.9. The topological polar surface area (TPSA) is 60.7 Å². The highest BCUT2D eigenvalue weighted by Gasteiger charge is 2.61. The molecule has 4 aliphatic rings. The molecule has 4 rings (SSSR count). The molecule has 10 atom stereocenters. The standard InChI is InChI=1S/C29H52O3/c1-20(11-14-26(2,31)13-6-18-30)23-9-10-24-22-8-7-21-19-27(3,32)16-17-28(21,4)25(22)12-15-29(23,24)5/h20-25,30-32H,6-19H2,1-5H3/t20-,21+,22+,23-,24+,25+,26?,27+,28+,29-/m1/s1. The van der Waals surface area contributed by atoms with Gasteiger partial charge in [0.05, 0.1) is 11.2 Å². The van der Waals surface area contributed by atoms with Crippen LogP contribution in [0.2, 0.25) is 0 Å². The van der Waals surface area contributed by atoms with Crippen molar-refractivity contribution in [3.8, 4) is 0 Å². The number of fused-ring (bicyclic) bond motifs is 5. The molecule has 1 unspecified atom stereocenters. The third-order valence-corrected chi connectivity index (χ3v) is 11.7. The fraction of sp³-hybridized carbons (Fsp3) is 1.00. The molecule has 0 aromatic heterocycles. The molecule has 0 bridgehead atoms. The van der Waals surface area contributed by atoms with Crippen LogP contribution >= 0.6 is 0 Å². The van der Waals surface area contributed by atoms with Crippen LogP contribution in [0.25, 0.3) is 0 Å². The Morgan fingerprint density at radius 1 is 0.906 bits per heavy atom. The molecule has 4 aliphatic carbocycles. The molecule has 3 N–H and O–H groups in total. The minimum Gasteiger partial charge on any atom is -0.396 e. The van der Waals surface area contributed by atoms with Crippen molar-refractivity contribution in [2.45, 2.75) is 129 Å². The van der Waals surface area contributed by atoms with E-state index in [0.717, 1.165) is 49.4 Å². The summed E-state index contributed by atoms with van der Waals surface area (Å²) in [5.41, 5.74) is -0.155. The molecule has 0 heterocycles. The summed E-state index contributed by atoms with van der Waals surface area (Å²) < 4.78 is 0. The van der Waals surface area contributed by atoms with Gasteiger partial charge in [0.2, 0.25) is 0 Å². The van der Waals surface area contributed by atoms with E-state index < -0.39 is 11.2 Å². The van der Waals surface area contributed by atoms with Crippen molar-refractivity contribution in [1.82, 2.24) is 0 Å². The highest BCUT2D eigenvalue weighted by Crippen LogP contribution is 2.68. The van der Waals surface area contributed by atoms with Crippen molar-refractivity contribution in [2.75, 3.05) is 6.61 Å². The minimum atomic E-state index is -0.636. The van der Waals surface area contributed by atoms with E-state index in [9.17, 15) is 10.2 Å². The van der Waals surface area contributed by atoms with Gasteiger partial charge in [-0.05, 0) is 144 Å². The van der Waals surface area contributed by atoms with E-state index in [1.165, 1.54) is 44.9 Å². The average Bonchev–Trinajstić information content (AvgIpc) is 3.08. The van der Waals surface area contributed by atoms with Gasteiger partial charge in [-0.1, -0.05) is 20.8 Å². The highest BCUT2D eigenvalue weighted by atomic mass is 16.3. The Hall–Kier alpha value is -0.120. The molecule has 3 nitrogen and oxygen atoms in total. The van der Waals surface area contributed by atoms with E-state index in [1.807, 2.05) is 6.92 Å². The molecular weight excluding hydrogens is 396 g/mol. The van der Waals surface area contributed by atoms with Crippen LogP contribution in [0.3, 0.4) is 0 Å². The van der Waals surface area contributed by atoms with Crippen LogP contribution in [0.15, 0.2) is 0 Å². The second kappa shape index (κ2) is 8.83. The van der Waals surface area contributed by atoms with E-state index in [-0.39, 0.29) is 6.61 Å². The lowest BCUT2D eigenvalue weighted by atomic mass is 9.43. The van der Waals surface area contributed by atoms with Gasteiger partial charge in [0.15, 0.2) is 0 Å². The fourth-order valence-electron chi connectivity index (χ4n) is 9.73. The zero-order valence-corrected chi connectivity index (χ0v) is 21.7. The summed E-state index contributed by atoms with van der Waals surface area (Å²) in [4.78, 5) is 0. The largest absolute Gasteiger partial charge is 0.396 e. The van der Waals surface area contributed by atoms with Crippen molar-refractivity contribution in [1.29, 1.82) is 0 Å². The quantitative estimate of drug-likeness (QED) is 0.426. The average molecular weight is 449 g/mol. The third-order valence-electron chi connectivity index (χ3n) is 11.7. The van der Waals surface area contributed by atoms with Crippen molar-refractivity contribution < 1.29 is 15.3 Å². The van der Waals surface area contributed by atoms with Crippen LogP contribution in [0.1, 0.15) is 118 Å². The predicted molar refractivity (Wildman–Crippen MR) is 131 cm³/mol. The number of rotatable bonds is 7. The van der Waals surface area contributed by atoms with Crippen molar-refractivity contribution in [3.05, 3.63) is 0 Å². The molecule has 32 heavy (non-hydrogen) atoms. The molecule has 186 valence electrons. The molecule has 3 heteroatoms. The van der Waals surface area contributed by atoms with Gasteiger partial charge in [0, 0.05) is 6.61 Å². The molecule has 0 aliphatic heterocycles. The lowest BCUT2D eigenvalue weighted by Gasteiger charge is -2.62. The van der Waals surface area contributed by atoms with Crippen molar-refractivity contribution >= 4 is 0 Å². The molecule has 0 saturated heterocycles. The highest BCUT2D eigenvalue weighted by molar-refractivity contribution is 5.10. The summed E-state index contributed by atoms with van der Waals surface area (Å²) >= 11 is 0. The van der Waals surface area contributed by atoms with Crippen LogP contribution in [0.4, 0.5) is 0 Å². The van der Waals surface area contributed by atoms with Gasteiger partial charge < -0.3 is 15.3 Å². The second-order valence-corrected chi connectivity index (χ2v) is 13.9. The van der Waals surface area contributed by atoms with Gasteiger partial charge in [0.25, 0.3) is 0 Å². The smallest absolute Gasteiger partial charge is 0.0622 e. The fourth-order valence-corrected chi connectivity index (χ4v) is 9.73. The van der Waals surface area contributed by atoms with E-state index in [1.54, 1.807) is 0 Å². The van der Waals surface area contributed by atoms with Crippen LogP contribution < -0.4 is 0 Å². The third kappa shape index (κ3) is 4.44. The van der Waals surface area contributed by atoms with E-state index in [2.05, 4.69) is 27.7 Å². The summed E-state index contributed by atoms with van der Waals surface area (Å²) in [5.74, 6) is 4.81. The molecule has 0 aromatic rings. The van der Waals surface area contributed by atoms with Gasteiger partial charge in [-0.2, -0.15) is 0 Å². The van der Waals surface area contributed by atoms with E-state index in [4.69, 9.17) is 5.11 Å². The SMILES string of the molecule is C[C@H](CCC(C)(O)CCCO)[C@H]1CC[C@H]2[C@@H]3CC[C@H]4C[C@@](C)(O)CC[C@]4(C)[C@H]3CC[C@]12C. The molecule has 0 radical (unpaired) electrons. The predicted octanol–water partition coefficient (Wildman–Crippen LogP) is 6.34. The Morgan fingerprint density at radius 2 is 1.62 bits per heavy atom. The van der Waals surface area contributed by atoms with Gasteiger partial charge >= 0.3 is 0 Å². The first-order valence-corrected chi connectivity index (χ1v) is 14.0. The first-order valence-electron chi connectivity index (χ1n) is 14.0. The normalized spacial score (nSPS) is 48.9. The van der Waals surface area contributed by atoms with E-state index >= 15 is 0 Å². The summed E-state index contributed by atoms with van der Waals surface area (Å²) in [7, 11) is 0. The summed E-state index contributed by atoms with van der Waals surface area (Å²) in [6.45, 7) is 11.9. The Kier molecular flexibility index (Phi) is 6.89. The van der Waals surface area contributed by atoms with Crippen LogP contribution in [0.5, 0.6) is 0 Å². The molecule has 0 spiro atoms. The molecule has 0 aromatic carbocycles. The number of hydrogen-bond donors (Lipinski definition) is 3. The van der Waals surface area contributed by atoms with E-state index in [0.29, 0.717) is 35.5 Å². The minimum absolute atomic E-state index is 0.175. The first-order chi connectivity index (χ1) is 14.9. The first kappa shape index (κ1) is 25.0. The Balaban J connectivity index is 1.43. The van der Waals surface area contributed by atoms with Gasteiger partial charge in [0.1, 0.15) is 0 Å². The van der Waals surface area contributed by atoms with Crippen LogP contribution in [0, 0.1) is 46.3 Å². The zero-order chi connectivity index (χ0) is 23.4. The summed E-state index contributed by atoms with van der Waals surface area (Å²) in [5, 5.41) is 30.6. The molecule has 4 fully saturated rings. The van der Waals surface area contributed by atoms with Crippen LogP contribution in [-0.4, -0.2) is 33.1 Å². The van der Waals surface area contributed by atoms with Gasteiger partial charge in [-0.3, -0.25) is 0 Å². The molecular formula is C29H52O3.